The Labute approximate surface area is 163 Å². The highest BCUT2D eigenvalue weighted by molar-refractivity contribution is 7.99. The zero-order valence-electron chi connectivity index (χ0n) is 14.9. The first kappa shape index (κ1) is 20.3. The molecule has 0 aromatic heterocycles. The Bertz CT molecular complexity index is 765. The maximum Gasteiger partial charge on any atom is 0.253 e. The van der Waals surface area contributed by atoms with Crippen molar-refractivity contribution in [3.8, 4) is 0 Å². The van der Waals surface area contributed by atoms with Crippen LogP contribution in [0.1, 0.15) is 29.8 Å². The van der Waals surface area contributed by atoms with Crippen LogP contribution in [0.15, 0.2) is 48.5 Å². The van der Waals surface area contributed by atoms with E-state index < -0.39 is 0 Å². The van der Waals surface area contributed by atoms with E-state index in [4.69, 9.17) is 11.6 Å². The first-order chi connectivity index (χ1) is 12.5. The van der Waals surface area contributed by atoms with Crippen LogP contribution in [0.5, 0.6) is 0 Å². The molecular formula is C20H23ClN2O2S. The number of amides is 2. The van der Waals surface area contributed by atoms with E-state index in [9.17, 15) is 9.59 Å². The summed E-state index contributed by atoms with van der Waals surface area (Å²) >= 11 is 7.46. The van der Waals surface area contributed by atoms with Crippen LogP contribution in [-0.4, -0.2) is 24.1 Å². The lowest BCUT2D eigenvalue weighted by Gasteiger charge is -2.12. The SMILES string of the molecule is CC(C)CNC(=O)c1ccccc1NC(=O)CSCc1cccc(Cl)c1. The molecule has 2 N–H and O–H groups in total. The van der Waals surface area contributed by atoms with Gasteiger partial charge in [-0.15, -0.1) is 11.8 Å². The lowest BCUT2D eigenvalue weighted by Crippen LogP contribution is -2.28. The van der Waals surface area contributed by atoms with Crippen LogP contribution >= 0.6 is 23.4 Å². The number of nitrogens with one attached hydrogen (secondary N) is 2. The third kappa shape index (κ3) is 6.73. The summed E-state index contributed by atoms with van der Waals surface area (Å²) in [6.07, 6.45) is 0. The van der Waals surface area contributed by atoms with Gasteiger partial charge in [-0.1, -0.05) is 49.7 Å². The summed E-state index contributed by atoms with van der Waals surface area (Å²) < 4.78 is 0. The van der Waals surface area contributed by atoms with Crippen molar-refractivity contribution < 1.29 is 9.59 Å². The van der Waals surface area contributed by atoms with Gasteiger partial charge >= 0.3 is 0 Å². The van der Waals surface area contributed by atoms with Gasteiger partial charge in [0.05, 0.1) is 17.0 Å². The summed E-state index contributed by atoms with van der Waals surface area (Å²) in [4.78, 5) is 24.5. The molecule has 0 radical (unpaired) electrons. The van der Waals surface area contributed by atoms with E-state index in [0.717, 1.165) is 5.56 Å². The molecule has 138 valence electrons. The predicted molar refractivity (Wildman–Crippen MR) is 110 cm³/mol. The van der Waals surface area contributed by atoms with Crippen molar-refractivity contribution in [2.45, 2.75) is 19.6 Å². The topological polar surface area (TPSA) is 58.2 Å². The van der Waals surface area contributed by atoms with Crippen LogP contribution in [0.25, 0.3) is 0 Å². The van der Waals surface area contributed by atoms with Crippen LogP contribution in [0, 0.1) is 5.92 Å². The standard InChI is InChI=1S/C20H23ClN2O2S/c1-14(2)11-22-20(25)17-8-3-4-9-18(17)23-19(24)13-26-12-15-6-5-7-16(21)10-15/h3-10,14H,11-13H2,1-2H3,(H,22,25)(H,23,24). The molecule has 0 spiro atoms. The lowest BCUT2D eigenvalue weighted by molar-refractivity contribution is -0.113. The molecule has 0 bridgehead atoms. The maximum absolute atomic E-state index is 12.3. The minimum Gasteiger partial charge on any atom is -0.352 e. The number of rotatable bonds is 8. The molecule has 0 aliphatic heterocycles. The van der Waals surface area contributed by atoms with Crippen LogP contribution in [0.4, 0.5) is 5.69 Å². The number of halogens is 1. The molecule has 0 atom stereocenters. The molecule has 2 amide bonds. The number of carbonyl (C=O) groups excluding carboxylic acids is 2. The van der Waals surface area contributed by atoms with Crippen molar-refractivity contribution in [2.24, 2.45) is 5.92 Å². The van der Waals surface area contributed by atoms with Gasteiger partial charge in [0.25, 0.3) is 5.91 Å². The smallest absolute Gasteiger partial charge is 0.253 e. The fourth-order valence-electron chi connectivity index (χ4n) is 2.26. The molecule has 2 aromatic rings. The van der Waals surface area contributed by atoms with Gasteiger partial charge < -0.3 is 10.6 Å². The van der Waals surface area contributed by atoms with Crippen molar-refractivity contribution in [1.29, 1.82) is 0 Å². The Kier molecular flexibility index (Phi) is 8.01. The number of hydrogen-bond acceptors (Lipinski definition) is 3. The van der Waals surface area contributed by atoms with E-state index in [1.807, 2.05) is 38.1 Å². The minimum atomic E-state index is -0.179. The number of carbonyl (C=O) groups is 2. The van der Waals surface area contributed by atoms with E-state index in [0.29, 0.717) is 40.2 Å². The molecule has 0 aliphatic rings. The fraction of sp³-hybridized carbons (Fsp3) is 0.300. The largest absolute Gasteiger partial charge is 0.352 e. The zero-order chi connectivity index (χ0) is 18.9. The molecule has 26 heavy (non-hydrogen) atoms. The Balaban J connectivity index is 1.89. The highest BCUT2D eigenvalue weighted by Crippen LogP contribution is 2.18. The molecule has 4 nitrogen and oxygen atoms in total. The fourth-order valence-corrected chi connectivity index (χ4v) is 3.24. The molecule has 0 saturated heterocycles. The highest BCUT2D eigenvalue weighted by Gasteiger charge is 2.13. The van der Waals surface area contributed by atoms with E-state index in [1.165, 1.54) is 11.8 Å². The van der Waals surface area contributed by atoms with Crippen molar-refractivity contribution in [2.75, 3.05) is 17.6 Å². The quantitative estimate of drug-likeness (QED) is 0.692. The number of benzene rings is 2. The van der Waals surface area contributed by atoms with E-state index in [2.05, 4.69) is 10.6 Å². The number of para-hydroxylation sites is 1. The zero-order valence-corrected chi connectivity index (χ0v) is 16.5. The Morgan fingerprint density at radius 3 is 2.62 bits per heavy atom. The van der Waals surface area contributed by atoms with Crippen molar-refractivity contribution in [3.63, 3.8) is 0 Å². The van der Waals surface area contributed by atoms with Gasteiger partial charge in [0.2, 0.25) is 5.91 Å². The third-order valence-electron chi connectivity index (χ3n) is 3.51. The molecule has 2 rings (SSSR count). The Morgan fingerprint density at radius 2 is 1.88 bits per heavy atom. The van der Waals surface area contributed by atoms with Gasteiger partial charge in [-0.05, 0) is 35.7 Å². The van der Waals surface area contributed by atoms with Crippen molar-refractivity contribution in [3.05, 3.63) is 64.7 Å². The summed E-state index contributed by atoms with van der Waals surface area (Å²) in [6, 6.07) is 14.6. The van der Waals surface area contributed by atoms with E-state index in [1.54, 1.807) is 24.3 Å². The van der Waals surface area contributed by atoms with Crippen LogP contribution < -0.4 is 10.6 Å². The van der Waals surface area contributed by atoms with Gasteiger partial charge in [-0.25, -0.2) is 0 Å². The second kappa shape index (κ2) is 10.2. The predicted octanol–water partition coefficient (Wildman–Crippen LogP) is 4.60. The molecule has 6 heteroatoms. The van der Waals surface area contributed by atoms with E-state index >= 15 is 0 Å². The molecule has 2 aromatic carbocycles. The van der Waals surface area contributed by atoms with Gasteiger partial charge in [0.1, 0.15) is 0 Å². The molecule has 0 unspecified atom stereocenters. The molecule has 0 fully saturated rings. The first-order valence-electron chi connectivity index (χ1n) is 8.45. The third-order valence-corrected chi connectivity index (χ3v) is 4.75. The van der Waals surface area contributed by atoms with Crippen LogP contribution in [-0.2, 0) is 10.5 Å². The number of anilines is 1. The van der Waals surface area contributed by atoms with Gasteiger partial charge in [-0.2, -0.15) is 0 Å². The van der Waals surface area contributed by atoms with Gasteiger partial charge in [0.15, 0.2) is 0 Å². The second-order valence-corrected chi connectivity index (χ2v) is 7.74. The monoisotopic (exact) mass is 390 g/mol. The Hall–Kier alpha value is -1.98. The lowest BCUT2D eigenvalue weighted by atomic mass is 10.1. The summed E-state index contributed by atoms with van der Waals surface area (Å²) in [7, 11) is 0. The summed E-state index contributed by atoms with van der Waals surface area (Å²) in [5.74, 6) is 1.05. The average molecular weight is 391 g/mol. The minimum absolute atomic E-state index is 0.138. The average Bonchev–Trinajstić information content (AvgIpc) is 2.60. The first-order valence-corrected chi connectivity index (χ1v) is 9.98. The van der Waals surface area contributed by atoms with Crippen LogP contribution in [0.2, 0.25) is 5.02 Å². The number of hydrogen-bond donors (Lipinski definition) is 2. The van der Waals surface area contributed by atoms with Crippen LogP contribution in [0.3, 0.4) is 0 Å². The van der Waals surface area contributed by atoms with Crippen molar-refractivity contribution in [1.82, 2.24) is 5.32 Å². The summed E-state index contributed by atoms with van der Waals surface area (Å²) in [6.45, 7) is 4.66. The molecule has 0 saturated carbocycles. The van der Waals surface area contributed by atoms with Gasteiger partial charge in [0, 0.05) is 17.3 Å². The maximum atomic E-state index is 12.3. The Morgan fingerprint density at radius 1 is 1.12 bits per heavy atom. The molecule has 0 aliphatic carbocycles. The summed E-state index contributed by atoms with van der Waals surface area (Å²) in [5.41, 5.74) is 2.08. The normalized spacial score (nSPS) is 10.6. The van der Waals surface area contributed by atoms with E-state index in [-0.39, 0.29) is 11.8 Å². The molecule has 0 heterocycles. The molecular weight excluding hydrogens is 368 g/mol. The second-order valence-electron chi connectivity index (χ2n) is 6.32. The highest BCUT2D eigenvalue weighted by atomic mass is 35.5. The summed E-state index contributed by atoms with van der Waals surface area (Å²) in [5, 5.41) is 6.39. The van der Waals surface area contributed by atoms with Gasteiger partial charge in [-0.3, -0.25) is 9.59 Å². The van der Waals surface area contributed by atoms with Crippen molar-refractivity contribution >= 4 is 40.9 Å². The number of thioether (sulfide) groups is 1.